The number of hydrogen-bond acceptors (Lipinski definition) is 3. The molecule has 9 heteroatoms. The lowest BCUT2D eigenvalue weighted by atomic mass is 10.0. The molecule has 0 fully saturated rings. The van der Waals surface area contributed by atoms with Crippen molar-refractivity contribution >= 4 is 11.2 Å². The number of hydrogen-bond donors (Lipinski definition) is 0. The predicted molar refractivity (Wildman–Crippen MR) is 65.4 cm³/mol. The third-order valence-electron chi connectivity index (χ3n) is 3.25. The smallest absolute Gasteiger partial charge is 0.405 e. The molecule has 1 aliphatic rings. The molecule has 112 valence electrons. The Morgan fingerprint density at radius 1 is 1.33 bits per heavy atom. The zero-order valence-electron chi connectivity index (χ0n) is 10.4. The number of fused-ring (bicyclic) bond motifs is 1. The molecule has 0 saturated carbocycles. The number of nitrogens with zero attached hydrogens (tertiary/aromatic N) is 3. The van der Waals surface area contributed by atoms with Gasteiger partial charge in [-0.05, 0) is 6.07 Å². The maximum Gasteiger partial charge on any atom is 0.405 e. The van der Waals surface area contributed by atoms with Crippen molar-refractivity contribution < 1.29 is 22.1 Å². The Bertz CT molecular complexity index is 666. The van der Waals surface area contributed by atoms with Gasteiger partial charge in [0.25, 0.3) is 0 Å². The van der Waals surface area contributed by atoms with Gasteiger partial charge in [-0.2, -0.15) is 13.8 Å². The molecule has 0 amide bonds. The van der Waals surface area contributed by atoms with E-state index in [9.17, 15) is 22.1 Å². The highest BCUT2D eigenvalue weighted by Gasteiger charge is 2.40. The van der Waals surface area contributed by atoms with Crippen LogP contribution >= 0.6 is 0 Å². The topological polar surface area (TPSA) is 53.8 Å². The molecule has 0 aliphatic carbocycles. The lowest BCUT2D eigenvalue weighted by molar-refractivity contribution is 0.233. The maximum atomic E-state index is 13.9. The fraction of sp³-hybridized carbons (Fsp3) is 0.333. The van der Waals surface area contributed by atoms with Gasteiger partial charge in [0, 0.05) is 12.0 Å². The molecule has 3 rings (SSSR count). The van der Waals surface area contributed by atoms with E-state index < -0.39 is 40.1 Å². The Morgan fingerprint density at radius 2 is 2.05 bits per heavy atom. The van der Waals surface area contributed by atoms with E-state index in [0.29, 0.717) is 0 Å². The molecule has 0 radical (unpaired) electrons. The summed E-state index contributed by atoms with van der Waals surface area (Å²) in [6.07, 6.45) is -1.65. The Morgan fingerprint density at radius 3 is 2.71 bits per heavy atom. The average Bonchev–Trinajstić information content (AvgIpc) is 3.00. The summed E-state index contributed by atoms with van der Waals surface area (Å²) in [7, 11) is 0. The van der Waals surface area contributed by atoms with Crippen molar-refractivity contribution in [3.8, 4) is 0 Å². The molecule has 2 aromatic rings. The molecular weight excluding hydrogens is 310 g/mol. The van der Waals surface area contributed by atoms with E-state index in [1.165, 1.54) is 18.2 Å². The molecule has 2 unspecified atom stereocenters. The van der Waals surface area contributed by atoms with Gasteiger partial charge in [-0.15, -0.1) is 5.10 Å². The minimum atomic E-state index is -3.15. The number of aromatic nitrogens is 3. The van der Waals surface area contributed by atoms with Gasteiger partial charge in [0.1, 0.15) is 5.82 Å². The maximum absolute atomic E-state index is 13.9. The van der Waals surface area contributed by atoms with Gasteiger partial charge in [0.2, 0.25) is 0 Å². The van der Waals surface area contributed by atoms with Crippen LogP contribution in [0.15, 0.2) is 29.4 Å². The lowest BCUT2D eigenvalue weighted by Crippen LogP contribution is -2.15. The van der Waals surface area contributed by atoms with Gasteiger partial charge in [0.05, 0.1) is 17.2 Å². The highest BCUT2D eigenvalue weighted by atomic mass is 32.2. The van der Waals surface area contributed by atoms with Crippen LogP contribution in [0.4, 0.5) is 17.6 Å². The van der Waals surface area contributed by atoms with Crippen molar-refractivity contribution in [3.05, 3.63) is 41.5 Å². The molecule has 21 heavy (non-hydrogen) atoms. The molecule has 1 aliphatic heterocycles. The second-order valence-electron chi connectivity index (χ2n) is 4.50. The summed E-state index contributed by atoms with van der Waals surface area (Å²) in [5, 5.41) is 3.04. The summed E-state index contributed by atoms with van der Waals surface area (Å²) >= 11 is -2.72. The van der Waals surface area contributed by atoms with Crippen LogP contribution in [0.1, 0.15) is 30.0 Å². The number of benzene rings is 1. The molecular formula is C12H9F4N3OS. The third-order valence-corrected chi connectivity index (χ3v) is 4.11. The van der Waals surface area contributed by atoms with Gasteiger partial charge in [0.15, 0.2) is 12.0 Å². The first-order valence-electron chi connectivity index (χ1n) is 6.02. The molecule has 0 bridgehead atoms. The van der Waals surface area contributed by atoms with Crippen molar-refractivity contribution in [1.82, 2.24) is 14.8 Å². The number of alkyl halides is 3. The largest absolute Gasteiger partial charge is 0.604 e. The Hall–Kier alpha value is -1.61. The van der Waals surface area contributed by atoms with Gasteiger partial charge < -0.3 is 4.55 Å². The van der Waals surface area contributed by atoms with E-state index in [1.54, 1.807) is 6.07 Å². The zero-order chi connectivity index (χ0) is 15.1. The van der Waals surface area contributed by atoms with Crippen LogP contribution in [0.5, 0.6) is 0 Å². The summed E-state index contributed by atoms with van der Waals surface area (Å²) in [5.74, 6) is -3.90. The van der Waals surface area contributed by atoms with Crippen LogP contribution in [-0.4, -0.2) is 25.1 Å². The Balaban J connectivity index is 2.01. The predicted octanol–water partition coefficient (Wildman–Crippen LogP) is 2.75. The first-order valence-corrected chi connectivity index (χ1v) is 7.24. The van der Waals surface area contributed by atoms with Gasteiger partial charge in [-0.25, -0.2) is 13.5 Å². The van der Waals surface area contributed by atoms with E-state index in [0.717, 1.165) is 4.68 Å². The van der Waals surface area contributed by atoms with Crippen LogP contribution in [0, 0.1) is 5.82 Å². The van der Waals surface area contributed by atoms with Crippen LogP contribution < -0.4 is 0 Å². The fourth-order valence-electron chi connectivity index (χ4n) is 2.33. The fourth-order valence-corrected chi connectivity index (χ4v) is 2.84. The van der Waals surface area contributed by atoms with Crippen LogP contribution in [0.25, 0.3) is 0 Å². The third kappa shape index (κ3) is 2.40. The Kier molecular flexibility index (Phi) is 3.62. The summed E-state index contributed by atoms with van der Waals surface area (Å²) in [6, 6.07) is 4.97. The first kappa shape index (κ1) is 14.3. The summed E-state index contributed by atoms with van der Waals surface area (Å²) in [5.41, 5.74) is 0.193. The molecule has 1 aromatic heterocycles. The summed E-state index contributed by atoms with van der Waals surface area (Å²) in [4.78, 5) is 3.57. The second-order valence-corrected chi connectivity index (χ2v) is 5.81. The molecule has 2 heterocycles. The molecule has 1 aromatic carbocycles. The summed E-state index contributed by atoms with van der Waals surface area (Å²) < 4.78 is 64.9. The zero-order valence-corrected chi connectivity index (χ0v) is 11.2. The van der Waals surface area contributed by atoms with E-state index in [1.807, 2.05) is 0 Å². The van der Waals surface area contributed by atoms with Gasteiger partial charge in [-0.1, -0.05) is 18.2 Å². The molecule has 3 atom stereocenters. The van der Waals surface area contributed by atoms with E-state index >= 15 is 0 Å². The van der Waals surface area contributed by atoms with Crippen LogP contribution in [-0.2, 0) is 11.2 Å². The number of rotatable bonds is 3. The van der Waals surface area contributed by atoms with E-state index in [-0.39, 0.29) is 17.8 Å². The van der Waals surface area contributed by atoms with Crippen LogP contribution in [0.3, 0.4) is 0 Å². The highest BCUT2D eigenvalue weighted by molar-refractivity contribution is 7.91. The van der Waals surface area contributed by atoms with Crippen molar-refractivity contribution in [1.29, 1.82) is 0 Å². The normalized spacial score (nSPS) is 22.6. The molecule has 0 spiro atoms. The molecule has 4 nitrogen and oxygen atoms in total. The van der Waals surface area contributed by atoms with Gasteiger partial charge in [-0.3, -0.25) is 0 Å². The van der Waals surface area contributed by atoms with E-state index in [4.69, 9.17) is 0 Å². The lowest BCUT2D eigenvalue weighted by Gasteiger charge is -2.12. The van der Waals surface area contributed by atoms with Crippen LogP contribution in [0.2, 0.25) is 0 Å². The van der Waals surface area contributed by atoms with Crippen molar-refractivity contribution in [3.63, 3.8) is 0 Å². The molecule has 0 N–H and O–H groups in total. The number of halogens is 4. The quantitative estimate of drug-likeness (QED) is 0.646. The van der Waals surface area contributed by atoms with Gasteiger partial charge >= 0.3 is 10.9 Å². The average molecular weight is 319 g/mol. The monoisotopic (exact) mass is 319 g/mol. The SMILES string of the molecule is [O-][S@@+](c1nc2n(n1)C(c1ccccc1F)CC2F)C(F)F. The highest BCUT2D eigenvalue weighted by Crippen LogP contribution is 2.40. The Labute approximate surface area is 120 Å². The van der Waals surface area contributed by atoms with Crippen molar-refractivity contribution in [2.24, 2.45) is 0 Å². The second kappa shape index (κ2) is 5.30. The molecule has 0 saturated heterocycles. The minimum Gasteiger partial charge on any atom is -0.604 e. The van der Waals surface area contributed by atoms with Crippen molar-refractivity contribution in [2.75, 3.05) is 0 Å². The minimum absolute atomic E-state index is 0.0855. The standard InChI is InChI=1S/C12H9F4N3OS/c13-7-4-2-1-3-6(7)9-5-8(14)10-17-12(18-19(9)10)21(20)11(15)16/h1-4,8-9,11H,5H2/t8?,9?,21-/m1/s1. The van der Waals surface area contributed by atoms with Crippen molar-refractivity contribution in [2.45, 2.75) is 29.5 Å². The first-order chi connectivity index (χ1) is 9.99. The summed E-state index contributed by atoms with van der Waals surface area (Å²) in [6.45, 7) is 0. The van der Waals surface area contributed by atoms with E-state index in [2.05, 4.69) is 10.1 Å².